The van der Waals surface area contributed by atoms with Gasteiger partial charge in [0.25, 0.3) is 0 Å². The molecule has 0 unspecified atom stereocenters. The molecule has 1 aliphatic carbocycles. The highest BCUT2D eigenvalue weighted by molar-refractivity contribution is 7.90. The zero-order valence-electron chi connectivity index (χ0n) is 11.0. The Morgan fingerprint density at radius 2 is 2.16 bits per heavy atom. The van der Waals surface area contributed by atoms with Crippen molar-refractivity contribution in [3.8, 4) is 0 Å². The van der Waals surface area contributed by atoms with Crippen LogP contribution >= 0.6 is 0 Å². The van der Waals surface area contributed by atoms with Crippen LogP contribution < -0.4 is 0 Å². The summed E-state index contributed by atoms with van der Waals surface area (Å²) in [6.07, 6.45) is 2.05. The molecule has 3 rings (SSSR count). The number of aromatic nitrogens is 3. The van der Waals surface area contributed by atoms with E-state index < -0.39 is 10.0 Å². The van der Waals surface area contributed by atoms with Crippen molar-refractivity contribution in [2.24, 2.45) is 0 Å². The third kappa shape index (κ3) is 2.28. The van der Waals surface area contributed by atoms with E-state index in [1.54, 1.807) is 14.0 Å². The molecule has 2 fully saturated rings. The van der Waals surface area contributed by atoms with Crippen LogP contribution in [0.2, 0.25) is 0 Å². The van der Waals surface area contributed by atoms with Gasteiger partial charge in [0.15, 0.2) is 5.82 Å². The third-order valence-electron chi connectivity index (χ3n) is 3.74. The van der Waals surface area contributed by atoms with Crippen LogP contribution in [0.25, 0.3) is 0 Å². The van der Waals surface area contributed by atoms with Crippen LogP contribution in [0.1, 0.15) is 37.0 Å². The zero-order valence-corrected chi connectivity index (χ0v) is 11.9. The monoisotopic (exact) mass is 286 g/mol. The maximum atomic E-state index is 12.5. The van der Waals surface area contributed by atoms with Crippen LogP contribution in [-0.4, -0.2) is 52.9 Å². The molecule has 19 heavy (non-hydrogen) atoms. The average molecular weight is 286 g/mol. The number of methoxy groups -OCH3 is 1. The van der Waals surface area contributed by atoms with Crippen molar-refractivity contribution in [3.63, 3.8) is 0 Å². The fourth-order valence-electron chi connectivity index (χ4n) is 2.52. The molecule has 0 radical (unpaired) electrons. The van der Waals surface area contributed by atoms with Gasteiger partial charge < -0.3 is 4.74 Å². The predicted octanol–water partition coefficient (Wildman–Crippen LogP) is 0.367. The van der Waals surface area contributed by atoms with E-state index in [9.17, 15) is 8.42 Å². The van der Waals surface area contributed by atoms with Gasteiger partial charge in [-0.1, -0.05) is 0 Å². The maximum absolute atomic E-state index is 12.5. The Kier molecular flexibility index (Phi) is 3.11. The molecule has 2 atom stereocenters. The Morgan fingerprint density at radius 3 is 2.68 bits per heavy atom. The Morgan fingerprint density at radius 1 is 1.42 bits per heavy atom. The number of hydrogen-bond acceptors (Lipinski definition) is 5. The molecule has 0 bridgehead atoms. The summed E-state index contributed by atoms with van der Waals surface area (Å²) in [7, 11) is -1.63. The first kappa shape index (κ1) is 13.0. The molecule has 1 saturated carbocycles. The number of sulfonamides is 1. The molecule has 2 heterocycles. The van der Waals surface area contributed by atoms with Crippen molar-refractivity contribution in [2.75, 3.05) is 13.7 Å². The van der Waals surface area contributed by atoms with Gasteiger partial charge in [-0.2, -0.15) is 9.40 Å². The molecule has 2 aliphatic rings. The topological polar surface area (TPSA) is 88.2 Å². The summed E-state index contributed by atoms with van der Waals surface area (Å²) < 4.78 is 31.8. The number of hydrogen-bond donors (Lipinski definition) is 1. The smallest absolute Gasteiger partial charge is 0.217 e. The summed E-state index contributed by atoms with van der Waals surface area (Å²) in [6, 6.07) is -0.305. The molecule has 1 aromatic heterocycles. The second kappa shape index (κ2) is 4.53. The van der Waals surface area contributed by atoms with Gasteiger partial charge in [0.2, 0.25) is 10.0 Å². The molecule has 1 aromatic rings. The quantitative estimate of drug-likeness (QED) is 0.863. The van der Waals surface area contributed by atoms with Gasteiger partial charge in [-0.15, -0.1) is 0 Å². The number of nitrogens with one attached hydrogen (secondary N) is 1. The first-order chi connectivity index (χ1) is 9.02. The predicted molar refractivity (Wildman–Crippen MR) is 67.9 cm³/mol. The Bertz CT molecular complexity index is 566. The van der Waals surface area contributed by atoms with E-state index in [1.807, 2.05) is 0 Å². The van der Waals surface area contributed by atoms with Gasteiger partial charge in [0.1, 0.15) is 5.82 Å². The van der Waals surface area contributed by atoms with E-state index in [0.29, 0.717) is 24.6 Å². The summed E-state index contributed by atoms with van der Waals surface area (Å²) >= 11 is 0. The van der Waals surface area contributed by atoms with Crippen molar-refractivity contribution >= 4 is 10.0 Å². The molecule has 0 amide bonds. The number of rotatable bonds is 4. The Balaban J connectivity index is 1.91. The van der Waals surface area contributed by atoms with Crippen LogP contribution in [0, 0.1) is 6.92 Å². The van der Waals surface area contributed by atoms with Gasteiger partial charge in [-0.25, -0.2) is 13.4 Å². The lowest BCUT2D eigenvalue weighted by atomic mass is 10.2. The number of aryl methyl sites for hydroxylation is 1. The standard InChI is InChI=1S/C11H18N4O3S/c1-7-12-11(14-13-7)10-5-8(18-2)6-15(10)19(16,17)9-3-4-9/h8-10H,3-6H2,1-2H3,(H,12,13,14)/t8-,10+/m1/s1. The molecule has 0 spiro atoms. The molecule has 1 N–H and O–H groups in total. The number of H-pyrrole nitrogens is 1. The van der Waals surface area contributed by atoms with Crippen molar-refractivity contribution in [2.45, 2.75) is 43.6 Å². The SMILES string of the molecule is CO[C@@H]1C[C@@H](c2n[nH]c(C)n2)N(S(=O)(=O)C2CC2)C1. The third-order valence-corrected chi connectivity index (χ3v) is 6.11. The normalized spacial score (nSPS) is 28.9. The summed E-state index contributed by atoms with van der Waals surface area (Å²) in [5.41, 5.74) is 0. The second-order valence-electron chi connectivity index (χ2n) is 5.20. The summed E-state index contributed by atoms with van der Waals surface area (Å²) in [5, 5.41) is 6.67. The van der Waals surface area contributed by atoms with E-state index in [4.69, 9.17) is 4.74 Å². The Labute approximate surface area is 112 Å². The van der Waals surface area contributed by atoms with Gasteiger partial charge in [-0.3, -0.25) is 5.10 Å². The van der Waals surface area contributed by atoms with Crippen molar-refractivity contribution in [1.29, 1.82) is 0 Å². The maximum Gasteiger partial charge on any atom is 0.217 e. The molecule has 7 nitrogen and oxygen atoms in total. The minimum absolute atomic E-state index is 0.0858. The van der Waals surface area contributed by atoms with Gasteiger partial charge in [0, 0.05) is 13.7 Å². The molecule has 1 aliphatic heterocycles. The molecule has 106 valence electrons. The van der Waals surface area contributed by atoms with Crippen LogP contribution in [-0.2, 0) is 14.8 Å². The van der Waals surface area contributed by atoms with Crippen LogP contribution in [0.15, 0.2) is 0 Å². The first-order valence-electron chi connectivity index (χ1n) is 6.44. The summed E-state index contributed by atoms with van der Waals surface area (Å²) in [6.45, 7) is 2.20. The second-order valence-corrected chi connectivity index (χ2v) is 7.37. The highest BCUT2D eigenvalue weighted by Crippen LogP contribution is 2.40. The number of aromatic amines is 1. The summed E-state index contributed by atoms with van der Waals surface area (Å²) in [4.78, 5) is 4.28. The number of nitrogens with zero attached hydrogens (tertiary/aromatic N) is 3. The van der Waals surface area contributed by atoms with Gasteiger partial charge in [-0.05, 0) is 26.2 Å². The molecule has 1 saturated heterocycles. The molecule has 0 aromatic carbocycles. The van der Waals surface area contributed by atoms with Crippen molar-refractivity contribution in [3.05, 3.63) is 11.6 Å². The molecule has 8 heteroatoms. The lowest BCUT2D eigenvalue weighted by molar-refractivity contribution is 0.114. The van der Waals surface area contributed by atoms with Crippen LogP contribution in [0.3, 0.4) is 0 Å². The minimum atomic E-state index is -3.24. The fourth-order valence-corrected chi connectivity index (χ4v) is 4.55. The minimum Gasteiger partial charge on any atom is -0.380 e. The zero-order chi connectivity index (χ0) is 13.6. The van der Waals surface area contributed by atoms with E-state index in [2.05, 4.69) is 15.2 Å². The highest BCUT2D eigenvalue weighted by atomic mass is 32.2. The van der Waals surface area contributed by atoms with Crippen LogP contribution in [0.4, 0.5) is 0 Å². The number of ether oxygens (including phenoxy) is 1. The highest BCUT2D eigenvalue weighted by Gasteiger charge is 2.48. The summed E-state index contributed by atoms with van der Waals surface area (Å²) in [5.74, 6) is 1.24. The van der Waals surface area contributed by atoms with E-state index >= 15 is 0 Å². The van der Waals surface area contributed by atoms with Crippen molar-refractivity contribution < 1.29 is 13.2 Å². The van der Waals surface area contributed by atoms with Crippen LogP contribution in [0.5, 0.6) is 0 Å². The Hall–Kier alpha value is -0.990. The average Bonchev–Trinajstić information content (AvgIpc) is 3.01. The van der Waals surface area contributed by atoms with Gasteiger partial charge in [0.05, 0.1) is 17.4 Å². The molecular weight excluding hydrogens is 268 g/mol. The van der Waals surface area contributed by atoms with E-state index in [0.717, 1.165) is 12.8 Å². The lowest BCUT2D eigenvalue weighted by Gasteiger charge is -2.21. The molecular formula is C11H18N4O3S. The fraction of sp³-hybridized carbons (Fsp3) is 0.818. The lowest BCUT2D eigenvalue weighted by Crippen LogP contribution is -2.35. The van der Waals surface area contributed by atoms with E-state index in [-0.39, 0.29) is 17.4 Å². The largest absolute Gasteiger partial charge is 0.380 e. The van der Waals surface area contributed by atoms with E-state index in [1.165, 1.54) is 4.31 Å². The van der Waals surface area contributed by atoms with Gasteiger partial charge >= 0.3 is 0 Å². The van der Waals surface area contributed by atoms with Crippen molar-refractivity contribution in [1.82, 2.24) is 19.5 Å². The first-order valence-corrected chi connectivity index (χ1v) is 7.95.